The molecule has 0 bridgehead atoms. The van der Waals surface area contributed by atoms with E-state index < -0.39 is 0 Å². The molecule has 0 aliphatic heterocycles. The molecule has 94 valence electrons. The van der Waals surface area contributed by atoms with E-state index in [4.69, 9.17) is 4.74 Å². The van der Waals surface area contributed by atoms with Gasteiger partial charge in [0.25, 0.3) is 0 Å². The molecular formula is C14H15NO3. The zero-order valence-electron chi connectivity index (χ0n) is 10.7. The van der Waals surface area contributed by atoms with Crippen LogP contribution in [0.15, 0.2) is 24.4 Å². The first-order valence-electron chi connectivity index (χ1n) is 5.84. The van der Waals surface area contributed by atoms with Crippen LogP contribution in [-0.4, -0.2) is 22.8 Å². The SMILES string of the molecule is CCOC(=O)c1ccn2c(C(C)=O)c(C)cc2c1. The molecule has 0 aromatic carbocycles. The second-order valence-electron chi connectivity index (χ2n) is 4.16. The predicted octanol–water partition coefficient (Wildman–Crippen LogP) is 2.63. The van der Waals surface area contributed by atoms with Crippen LogP contribution in [0, 0.1) is 6.92 Å². The molecule has 2 heterocycles. The molecule has 0 unspecified atom stereocenters. The first-order valence-corrected chi connectivity index (χ1v) is 5.84. The Morgan fingerprint density at radius 3 is 2.67 bits per heavy atom. The topological polar surface area (TPSA) is 47.8 Å². The molecule has 0 atom stereocenters. The van der Waals surface area contributed by atoms with Gasteiger partial charge in [0, 0.05) is 18.6 Å². The Bertz CT molecular complexity index is 625. The monoisotopic (exact) mass is 245 g/mol. The number of nitrogens with zero attached hydrogens (tertiary/aromatic N) is 1. The van der Waals surface area contributed by atoms with Crippen molar-refractivity contribution in [1.82, 2.24) is 4.40 Å². The van der Waals surface area contributed by atoms with E-state index in [0.29, 0.717) is 17.9 Å². The fraction of sp³-hybridized carbons (Fsp3) is 0.286. The molecule has 0 amide bonds. The molecule has 0 radical (unpaired) electrons. The van der Waals surface area contributed by atoms with Gasteiger partial charge in [0.2, 0.25) is 0 Å². The molecule has 0 aliphatic carbocycles. The second kappa shape index (κ2) is 4.64. The summed E-state index contributed by atoms with van der Waals surface area (Å²) in [7, 11) is 0. The molecule has 0 saturated heterocycles. The number of hydrogen-bond acceptors (Lipinski definition) is 3. The minimum atomic E-state index is -0.344. The van der Waals surface area contributed by atoms with Crippen molar-refractivity contribution >= 4 is 17.3 Å². The number of rotatable bonds is 3. The maximum atomic E-state index is 11.6. The summed E-state index contributed by atoms with van der Waals surface area (Å²) >= 11 is 0. The van der Waals surface area contributed by atoms with Crippen molar-refractivity contribution in [3.8, 4) is 0 Å². The van der Waals surface area contributed by atoms with Crippen molar-refractivity contribution in [2.24, 2.45) is 0 Å². The maximum Gasteiger partial charge on any atom is 0.338 e. The van der Waals surface area contributed by atoms with E-state index in [9.17, 15) is 9.59 Å². The Hall–Kier alpha value is -2.10. The Labute approximate surface area is 105 Å². The summed E-state index contributed by atoms with van der Waals surface area (Å²) in [6.45, 7) is 5.54. The maximum absolute atomic E-state index is 11.6. The lowest BCUT2D eigenvalue weighted by atomic mass is 10.2. The highest BCUT2D eigenvalue weighted by Gasteiger charge is 2.13. The van der Waals surface area contributed by atoms with Gasteiger partial charge in [-0.2, -0.15) is 0 Å². The second-order valence-corrected chi connectivity index (χ2v) is 4.16. The lowest BCUT2D eigenvalue weighted by molar-refractivity contribution is 0.0526. The molecule has 18 heavy (non-hydrogen) atoms. The third-order valence-corrected chi connectivity index (χ3v) is 2.81. The number of aromatic nitrogens is 1. The van der Waals surface area contributed by atoms with Crippen molar-refractivity contribution in [2.75, 3.05) is 6.61 Å². The van der Waals surface area contributed by atoms with E-state index in [1.54, 1.807) is 29.7 Å². The summed E-state index contributed by atoms with van der Waals surface area (Å²) in [4.78, 5) is 23.2. The summed E-state index contributed by atoms with van der Waals surface area (Å²) in [6, 6.07) is 5.29. The van der Waals surface area contributed by atoms with Gasteiger partial charge in [-0.1, -0.05) is 0 Å². The summed E-state index contributed by atoms with van der Waals surface area (Å²) in [6.07, 6.45) is 1.73. The lowest BCUT2D eigenvalue weighted by Gasteiger charge is -2.04. The van der Waals surface area contributed by atoms with Gasteiger partial charge in [0.05, 0.1) is 17.9 Å². The molecule has 2 rings (SSSR count). The first-order chi connectivity index (χ1) is 8.54. The predicted molar refractivity (Wildman–Crippen MR) is 68.1 cm³/mol. The average molecular weight is 245 g/mol. The zero-order valence-corrected chi connectivity index (χ0v) is 10.7. The summed E-state index contributed by atoms with van der Waals surface area (Å²) in [5, 5.41) is 0. The van der Waals surface area contributed by atoms with E-state index in [1.165, 1.54) is 6.92 Å². The van der Waals surface area contributed by atoms with E-state index in [2.05, 4.69) is 0 Å². The van der Waals surface area contributed by atoms with Crippen molar-refractivity contribution in [3.05, 3.63) is 41.2 Å². The molecule has 0 aliphatic rings. The highest BCUT2D eigenvalue weighted by Crippen LogP contribution is 2.18. The van der Waals surface area contributed by atoms with Gasteiger partial charge in [-0.25, -0.2) is 4.79 Å². The van der Waals surface area contributed by atoms with Crippen LogP contribution in [0.25, 0.3) is 5.52 Å². The fourth-order valence-corrected chi connectivity index (χ4v) is 2.10. The van der Waals surface area contributed by atoms with Crippen molar-refractivity contribution < 1.29 is 14.3 Å². The molecule has 0 fully saturated rings. The van der Waals surface area contributed by atoms with Crippen LogP contribution in [0.2, 0.25) is 0 Å². The number of carbonyl (C=O) groups is 2. The average Bonchev–Trinajstić information content (AvgIpc) is 2.63. The van der Waals surface area contributed by atoms with Crippen molar-refractivity contribution in [2.45, 2.75) is 20.8 Å². The third kappa shape index (κ3) is 2.01. The van der Waals surface area contributed by atoms with Gasteiger partial charge in [0.1, 0.15) is 0 Å². The van der Waals surface area contributed by atoms with Crippen molar-refractivity contribution in [1.29, 1.82) is 0 Å². The zero-order chi connectivity index (χ0) is 13.3. The number of carbonyl (C=O) groups excluding carboxylic acids is 2. The number of Topliss-reactive ketones (excluding diaryl/α,β-unsaturated/α-hetero) is 1. The number of pyridine rings is 1. The Kier molecular flexibility index (Phi) is 3.19. The van der Waals surface area contributed by atoms with E-state index >= 15 is 0 Å². The van der Waals surface area contributed by atoms with Gasteiger partial charge in [-0.05, 0) is 37.6 Å². The Balaban J connectivity index is 2.54. The number of ketones is 1. The lowest BCUT2D eigenvalue weighted by Crippen LogP contribution is -2.06. The summed E-state index contributed by atoms with van der Waals surface area (Å²) < 4.78 is 6.74. The molecule has 4 heteroatoms. The molecular weight excluding hydrogens is 230 g/mol. The van der Waals surface area contributed by atoms with Crippen LogP contribution in [-0.2, 0) is 4.74 Å². The fourth-order valence-electron chi connectivity index (χ4n) is 2.10. The normalized spacial score (nSPS) is 10.6. The quantitative estimate of drug-likeness (QED) is 0.617. The van der Waals surface area contributed by atoms with Gasteiger partial charge >= 0.3 is 5.97 Å². The van der Waals surface area contributed by atoms with Crippen LogP contribution in [0.5, 0.6) is 0 Å². The first kappa shape index (κ1) is 12.4. The van der Waals surface area contributed by atoms with Crippen LogP contribution in [0.1, 0.15) is 40.3 Å². The number of fused-ring (bicyclic) bond motifs is 1. The molecule has 2 aromatic rings. The standard InChI is InChI=1S/C14H15NO3/c1-4-18-14(17)11-5-6-15-12(8-11)7-9(2)13(15)10(3)16/h5-8H,4H2,1-3H3. The third-order valence-electron chi connectivity index (χ3n) is 2.81. The summed E-state index contributed by atoms with van der Waals surface area (Å²) in [5.74, 6) is -0.334. The number of hydrogen-bond donors (Lipinski definition) is 0. The van der Waals surface area contributed by atoms with Crippen LogP contribution >= 0.6 is 0 Å². The smallest absolute Gasteiger partial charge is 0.338 e. The van der Waals surface area contributed by atoms with E-state index in [0.717, 1.165) is 11.1 Å². The highest BCUT2D eigenvalue weighted by atomic mass is 16.5. The largest absolute Gasteiger partial charge is 0.462 e. The van der Waals surface area contributed by atoms with Gasteiger partial charge in [0.15, 0.2) is 5.78 Å². The van der Waals surface area contributed by atoms with Crippen LogP contribution < -0.4 is 0 Å². The van der Waals surface area contributed by atoms with Gasteiger partial charge in [-0.3, -0.25) is 4.79 Å². The molecule has 4 nitrogen and oxygen atoms in total. The highest BCUT2D eigenvalue weighted by molar-refractivity contribution is 5.96. The van der Waals surface area contributed by atoms with Gasteiger partial charge < -0.3 is 9.14 Å². The molecule has 0 spiro atoms. The molecule has 0 saturated carbocycles. The molecule has 2 aromatic heterocycles. The number of ether oxygens (including phenoxy) is 1. The van der Waals surface area contributed by atoms with Crippen LogP contribution in [0.3, 0.4) is 0 Å². The number of esters is 1. The minimum Gasteiger partial charge on any atom is -0.462 e. The van der Waals surface area contributed by atoms with E-state index in [1.807, 2.05) is 13.0 Å². The molecule has 0 N–H and O–H groups in total. The van der Waals surface area contributed by atoms with E-state index in [-0.39, 0.29) is 11.8 Å². The number of aryl methyl sites for hydroxylation is 1. The summed E-state index contributed by atoms with van der Waals surface area (Å²) in [5.41, 5.74) is 2.88. The minimum absolute atomic E-state index is 0.0105. The van der Waals surface area contributed by atoms with Crippen molar-refractivity contribution in [3.63, 3.8) is 0 Å². The van der Waals surface area contributed by atoms with Crippen LogP contribution in [0.4, 0.5) is 0 Å². The van der Waals surface area contributed by atoms with Gasteiger partial charge in [-0.15, -0.1) is 0 Å². The Morgan fingerprint density at radius 1 is 1.33 bits per heavy atom. The Morgan fingerprint density at radius 2 is 2.06 bits per heavy atom.